The van der Waals surface area contributed by atoms with E-state index in [1.807, 2.05) is 18.7 Å². The van der Waals surface area contributed by atoms with Crippen LogP contribution in [-0.4, -0.2) is 45.9 Å². The van der Waals surface area contributed by atoms with E-state index in [2.05, 4.69) is 20.4 Å². The maximum absolute atomic E-state index is 5.76. The maximum Gasteiger partial charge on any atom is 0.263 e. The van der Waals surface area contributed by atoms with Crippen molar-refractivity contribution in [3.63, 3.8) is 0 Å². The molecule has 0 aromatic carbocycles. The van der Waals surface area contributed by atoms with Gasteiger partial charge in [0.25, 0.3) is 5.71 Å². The summed E-state index contributed by atoms with van der Waals surface area (Å²) in [5.41, 5.74) is 1.20. The van der Waals surface area contributed by atoms with Crippen LogP contribution in [0.4, 0.5) is 5.82 Å². The zero-order chi connectivity index (χ0) is 14.0. The van der Waals surface area contributed by atoms with Crippen molar-refractivity contribution in [1.82, 2.24) is 15.1 Å². The first-order valence-corrected chi connectivity index (χ1v) is 7.83. The topological polar surface area (TPSA) is 73.1 Å². The monoisotopic (exact) mass is 294 g/mol. The van der Waals surface area contributed by atoms with Crippen molar-refractivity contribution in [2.45, 2.75) is 25.4 Å². The number of ether oxygens (including phenoxy) is 1. The quantitative estimate of drug-likeness (QED) is 0.927. The summed E-state index contributed by atoms with van der Waals surface area (Å²) in [6.07, 6.45) is 3.75. The van der Waals surface area contributed by atoms with Crippen molar-refractivity contribution in [2.24, 2.45) is 0 Å². The van der Waals surface area contributed by atoms with Gasteiger partial charge in [-0.2, -0.15) is 16.7 Å². The third-order valence-electron chi connectivity index (χ3n) is 3.74. The van der Waals surface area contributed by atoms with Crippen LogP contribution in [0.1, 0.15) is 18.5 Å². The van der Waals surface area contributed by atoms with Crippen LogP contribution in [0.15, 0.2) is 10.9 Å². The standard InChI is InChI=1S/C13H18N4O2S/c1-9-10-11(15-8-16-12(10)19-17-9)14-6-13(18-2)4-3-5-20-7-13/h8H,3-7H2,1-2H3,(H,14,15,16). The fraction of sp³-hybridized carbons (Fsp3) is 0.615. The molecule has 6 nitrogen and oxygen atoms in total. The predicted molar refractivity (Wildman–Crippen MR) is 79.1 cm³/mol. The Hall–Kier alpha value is -1.34. The smallest absolute Gasteiger partial charge is 0.263 e. The Balaban J connectivity index is 1.81. The lowest BCUT2D eigenvalue weighted by Crippen LogP contribution is -2.44. The average Bonchev–Trinajstić information content (AvgIpc) is 2.88. The number of nitrogens with one attached hydrogen (secondary N) is 1. The van der Waals surface area contributed by atoms with Crippen molar-refractivity contribution in [3.8, 4) is 0 Å². The molecule has 0 spiro atoms. The van der Waals surface area contributed by atoms with Crippen LogP contribution in [0.3, 0.4) is 0 Å². The minimum absolute atomic E-state index is 0.120. The highest BCUT2D eigenvalue weighted by Gasteiger charge is 2.32. The number of aryl methyl sites for hydroxylation is 1. The summed E-state index contributed by atoms with van der Waals surface area (Å²) in [6, 6.07) is 0. The Morgan fingerprint density at radius 3 is 3.15 bits per heavy atom. The van der Waals surface area contributed by atoms with Crippen LogP contribution in [0, 0.1) is 6.92 Å². The van der Waals surface area contributed by atoms with Gasteiger partial charge in [0, 0.05) is 19.4 Å². The third-order valence-corrected chi connectivity index (χ3v) is 5.05. The SMILES string of the molecule is COC1(CNc2ncnc3onc(C)c23)CCCSC1. The summed E-state index contributed by atoms with van der Waals surface area (Å²) in [7, 11) is 1.79. The van der Waals surface area contributed by atoms with Gasteiger partial charge in [-0.05, 0) is 25.5 Å². The van der Waals surface area contributed by atoms with E-state index in [-0.39, 0.29) is 5.60 Å². The molecule has 1 fully saturated rings. The molecule has 1 unspecified atom stereocenters. The number of methoxy groups -OCH3 is 1. The predicted octanol–water partition coefficient (Wildman–Crippen LogP) is 2.25. The van der Waals surface area contributed by atoms with Gasteiger partial charge in [-0.25, -0.2) is 4.98 Å². The Morgan fingerprint density at radius 1 is 1.50 bits per heavy atom. The second kappa shape index (κ2) is 5.57. The Labute approximate surface area is 121 Å². The molecule has 1 aliphatic rings. The van der Waals surface area contributed by atoms with Crippen LogP contribution in [0.2, 0.25) is 0 Å². The van der Waals surface area contributed by atoms with Crippen LogP contribution in [0.5, 0.6) is 0 Å². The van der Waals surface area contributed by atoms with E-state index in [4.69, 9.17) is 9.26 Å². The molecule has 0 amide bonds. The van der Waals surface area contributed by atoms with Gasteiger partial charge >= 0.3 is 0 Å². The van der Waals surface area contributed by atoms with E-state index < -0.39 is 0 Å². The molecule has 20 heavy (non-hydrogen) atoms. The largest absolute Gasteiger partial charge is 0.376 e. The highest BCUT2D eigenvalue weighted by molar-refractivity contribution is 7.99. The van der Waals surface area contributed by atoms with Crippen LogP contribution < -0.4 is 5.32 Å². The average molecular weight is 294 g/mol. The number of hydrogen-bond acceptors (Lipinski definition) is 7. The number of aromatic nitrogens is 3. The summed E-state index contributed by atoms with van der Waals surface area (Å²) >= 11 is 1.94. The fourth-order valence-corrected chi connectivity index (χ4v) is 3.73. The van der Waals surface area contributed by atoms with Crippen LogP contribution >= 0.6 is 11.8 Å². The molecule has 1 atom stereocenters. The first kappa shape index (κ1) is 13.6. The van der Waals surface area contributed by atoms with Gasteiger partial charge < -0.3 is 14.6 Å². The molecule has 0 aliphatic carbocycles. The first-order chi connectivity index (χ1) is 9.74. The molecular formula is C13H18N4O2S. The molecule has 7 heteroatoms. The summed E-state index contributed by atoms with van der Waals surface area (Å²) in [5.74, 6) is 2.99. The molecule has 2 aromatic rings. The fourth-order valence-electron chi connectivity index (χ4n) is 2.50. The first-order valence-electron chi connectivity index (χ1n) is 6.68. The molecule has 1 aliphatic heterocycles. The highest BCUT2D eigenvalue weighted by Crippen LogP contribution is 2.30. The van der Waals surface area contributed by atoms with E-state index in [1.54, 1.807) is 7.11 Å². The lowest BCUT2D eigenvalue weighted by molar-refractivity contribution is 0.0120. The molecular weight excluding hydrogens is 276 g/mol. The summed E-state index contributed by atoms with van der Waals surface area (Å²) < 4.78 is 10.9. The van der Waals surface area contributed by atoms with E-state index in [0.29, 0.717) is 5.71 Å². The van der Waals surface area contributed by atoms with E-state index >= 15 is 0 Å². The molecule has 1 N–H and O–H groups in total. The van der Waals surface area contributed by atoms with Crippen molar-refractivity contribution in [2.75, 3.05) is 30.5 Å². The van der Waals surface area contributed by atoms with Crippen molar-refractivity contribution < 1.29 is 9.26 Å². The van der Waals surface area contributed by atoms with Crippen LogP contribution in [-0.2, 0) is 4.74 Å². The lowest BCUT2D eigenvalue weighted by atomic mass is 9.99. The van der Waals surface area contributed by atoms with Gasteiger partial charge in [-0.1, -0.05) is 5.16 Å². The number of anilines is 1. The zero-order valence-corrected chi connectivity index (χ0v) is 12.5. The number of nitrogens with zero attached hydrogens (tertiary/aromatic N) is 3. The van der Waals surface area contributed by atoms with Crippen LogP contribution in [0.25, 0.3) is 11.1 Å². The second-order valence-electron chi connectivity index (χ2n) is 5.07. The lowest BCUT2D eigenvalue weighted by Gasteiger charge is -2.35. The van der Waals surface area contributed by atoms with Gasteiger partial charge in [0.05, 0.1) is 11.3 Å². The number of fused-ring (bicyclic) bond motifs is 1. The minimum Gasteiger partial charge on any atom is -0.376 e. The van der Waals surface area contributed by atoms with Crippen molar-refractivity contribution in [1.29, 1.82) is 0 Å². The molecule has 0 bridgehead atoms. The van der Waals surface area contributed by atoms with Gasteiger partial charge in [0.2, 0.25) is 0 Å². The molecule has 2 aromatic heterocycles. The molecule has 1 saturated heterocycles. The van der Waals surface area contributed by atoms with Crippen molar-refractivity contribution >= 4 is 28.7 Å². The van der Waals surface area contributed by atoms with Crippen molar-refractivity contribution in [3.05, 3.63) is 12.0 Å². The molecule has 0 radical (unpaired) electrons. The second-order valence-corrected chi connectivity index (χ2v) is 6.17. The zero-order valence-electron chi connectivity index (χ0n) is 11.7. The molecule has 0 saturated carbocycles. The maximum atomic E-state index is 5.76. The third kappa shape index (κ3) is 2.47. The Kier molecular flexibility index (Phi) is 3.80. The normalized spacial score (nSPS) is 23.1. The molecule has 108 valence electrons. The van der Waals surface area contributed by atoms with E-state index in [0.717, 1.165) is 35.6 Å². The summed E-state index contributed by atoms with van der Waals surface area (Å²) in [5, 5.41) is 8.17. The van der Waals surface area contributed by atoms with Gasteiger partial charge in [0.1, 0.15) is 17.5 Å². The number of thioether (sulfide) groups is 1. The summed E-state index contributed by atoms with van der Waals surface area (Å²) in [4.78, 5) is 8.38. The molecule has 3 rings (SSSR count). The van der Waals surface area contributed by atoms with Gasteiger partial charge in [-0.15, -0.1) is 0 Å². The van der Waals surface area contributed by atoms with E-state index in [1.165, 1.54) is 18.5 Å². The van der Waals surface area contributed by atoms with Gasteiger partial charge in [0.15, 0.2) is 0 Å². The number of hydrogen-bond donors (Lipinski definition) is 1. The number of rotatable bonds is 4. The summed E-state index contributed by atoms with van der Waals surface area (Å²) in [6.45, 7) is 2.62. The minimum atomic E-state index is -0.120. The Morgan fingerprint density at radius 2 is 2.40 bits per heavy atom. The van der Waals surface area contributed by atoms with E-state index in [9.17, 15) is 0 Å². The highest BCUT2D eigenvalue weighted by atomic mass is 32.2. The Bertz CT molecular complexity index is 595. The van der Waals surface area contributed by atoms with Gasteiger partial charge in [-0.3, -0.25) is 0 Å². The molecule has 3 heterocycles.